The second-order valence-electron chi connectivity index (χ2n) is 2.94. The van der Waals surface area contributed by atoms with Gasteiger partial charge in [0, 0.05) is 4.90 Å². The number of hydroxylamine groups is 1. The number of carbonyl (C=O) groups excluding carboxylic acids is 1. The molecule has 1 aliphatic rings. The van der Waals surface area contributed by atoms with Gasteiger partial charge in [-0.1, -0.05) is 16.6 Å². The lowest BCUT2D eigenvalue weighted by Gasteiger charge is -2.13. The summed E-state index contributed by atoms with van der Waals surface area (Å²) in [6.45, 7) is 0.692. The van der Waals surface area contributed by atoms with E-state index in [2.05, 4.69) is 0 Å². The normalized spacial score (nSPS) is 15.2. The van der Waals surface area contributed by atoms with Crippen molar-refractivity contribution in [1.29, 1.82) is 0 Å². The first kappa shape index (κ1) is 10.1. The van der Waals surface area contributed by atoms with Gasteiger partial charge in [0.2, 0.25) is 5.91 Å². The van der Waals surface area contributed by atoms with Crippen molar-refractivity contribution in [3.8, 4) is 0 Å². The average molecular weight is 222 g/mol. The number of nitrogens with two attached hydrogens (primary N) is 1. The van der Waals surface area contributed by atoms with E-state index in [1.54, 1.807) is 22.9 Å². The smallest absolute Gasteiger partial charge is 0.249 e. The summed E-state index contributed by atoms with van der Waals surface area (Å²) in [5.74, 6) is -0.426. The summed E-state index contributed by atoms with van der Waals surface area (Å²) in [4.78, 5) is 17.1. The van der Waals surface area contributed by atoms with Gasteiger partial charge < -0.3 is 10.6 Å². The third-order valence-corrected chi connectivity index (χ3v) is 2.87. The van der Waals surface area contributed by atoms with Gasteiger partial charge in [0.05, 0.1) is 12.1 Å². The fourth-order valence-electron chi connectivity index (χ4n) is 1.20. The Balaban J connectivity index is 2.16. The largest absolute Gasteiger partial charge is 0.403 e. The van der Waals surface area contributed by atoms with Crippen molar-refractivity contribution in [2.75, 3.05) is 6.54 Å². The summed E-state index contributed by atoms with van der Waals surface area (Å²) in [6.07, 6.45) is 3.50. The predicted octanol–water partition coefficient (Wildman–Crippen LogP) is 1.55. The number of hydrogen-bond acceptors (Lipinski definition) is 4. The molecule has 0 saturated carbocycles. The zero-order valence-electron chi connectivity index (χ0n) is 7.92. The Morgan fingerprint density at radius 2 is 2.27 bits per heavy atom. The Labute approximate surface area is 91.8 Å². The number of primary amides is 1. The molecule has 1 aliphatic heterocycles. The minimum atomic E-state index is -0.426. The highest BCUT2D eigenvalue weighted by Crippen LogP contribution is 2.27. The van der Waals surface area contributed by atoms with Crippen LogP contribution in [0.3, 0.4) is 0 Å². The van der Waals surface area contributed by atoms with Crippen LogP contribution in [0.2, 0.25) is 0 Å². The molecule has 2 N–H and O–H groups in total. The molecule has 1 amide bonds. The molecule has 0 atom stereocenters. The number of amides is 1. The van der Waals surface area contributed by atoms with Gasteiger partial charge in [-0.25, -0.2) is 0 Å². The van der Waals surface area contributed by atoms with Gasteiger partial charge in [-0.2, -0.15) is 0 Å². The Morgan fingerprint density at radius 3 is 2.93 bits per heavy atom. The topological polar surface area (TPSA) is 55.6 Å². The zero-order chi connectivity index (χ0) is 10.7. The van der Waals surface area contributed by atoms with Crippen LogP contribution in [0, 0.1) is 0 Å². The summed E-state index contributed by atoms with van der Waals surface area (Å²) in [7, 11) is 0. The number of nitrogens with zero attached hydrogens (tertiary/aromatic N) is 1. The van der Waals surface area contributed by atoms with E-state index in [-0.39, 0.29) is 0 Å². The van der Waals surface area contributed by atoms with E-state index in [0.717, 1.165) is 4.90 Å². The molecule has 0 radical (unpaired) electrons. The van der Waals surface area contributed by atoms with Crippen molar-refractivity contribution in [2.24, 2.45) is 5.73 Å². The van der Waals surface area contributed by atoms with E-state index in [1.165, 1.54) is 11.9 Å². The maximum Gasteiger partial charge on any atom is 0.249 e. The molecule has 0 saturated heterocycles. The average Bonchev–Trinajstić information content (AvgIpc) is 2.71. The number of carbonyl (C=O) groups is 1. The molecule has 1 aromatic rings. The first-order chi connectivity index (χ1) is 7.27. The van der Waals surface area contributed by atoms with Gasteiger partial charge >= 0.3 is 0 Å². The minimum Gasteiger partial charge on any atom is -0.403 e. The van der Waals surface area contributed by atoms with Crippen LogP contribution in [0.5, 0.6) is 0 Å². The van der Waals surface area contributed by atoms with E-state index in [9.17, 15) is 4.79 Å². The lowest BCUT2D eigenvalue weighted by molar-refractivity contribution is 0.0289. The Kier molecular flexibility index (Phi) is 2.94. The fourth-order valence-corrected chi connectivity index (χ4v) is 2.08. The van der Waals surface area contributed by atoms with Crippen molar-refractivity contribution in [3.05, 3.63) is 42.2 Å². The van der Waals surface area contributed by atoms with E-state index >= 15 is 0 Å². The Bertz CT molecular complexity index is 398. The first-order valence-electron chi connectivity index (χ1n) is 4.43. The standard InChI is InChI=1S/C10H10N2O2S/c11-10(13)8-4-1-2-5-9(8)15-12-6-3-7-14-12/h1-5,7H,6H2,(H2,11,13). The number of benzene rings is 1. The van der Waals surface area contributed by atoms with Gasteiger partial charge in [0.1, 0.15) is 6.26 Å². The lowest BCUT2D eigenvalue weighted by atomic mass is 10.2. The van der Waals surface area contributed by atoms with Crippen LogP contribution in [-0.2, 0) is 4.84 Å². The highest BCUT2D eigenvalue weighted by Gasteiger charge is 2.14. The zero-order valence-corrected chi connectivity index (χ0v) is 8.74. The summed E-state index contributed by atoms with van der Waals surface area (Å²) >= 11 is 1.35. The molecule has 1 aromatic carbocycles. The van der Waals surface area contributed by atoms with E-state index in [4.69, 9.17) is 10.6 Å². The van der Waals surface area contributed by atoms with Crippen LogP contribution in [0.1, 0.15) is 10.4 Å². The maximum absolute atomic E-state index is 11.1. The Morgan fingerprint density at radius 1 is 1.47 bits per heavy atom. The molecule has 0 unspecified atom stereocenters. The van der Waals surface area contributed by atoms with Crippen LogP contribution in [-0.4, -0.2) is 16.9 Å². The Hall–Kier alpha value is -1.46. The van der Waals surface area contributed by atoms with Crippen molar-refractivity contribution >= 4 is 17.9 Å². The third kappa shape index (κ3) is 2.31. The minimum absolute atomic E-state index is 0.426. The highest BCUT2D eigenvalue weighted by molar-refractivity contribution is 7.97. The predicted molar refractivity (Wildman–Crippen MR) is 57.7 cm³/mol. The van der Waals surface area contributed by atoms with E-state index in [1.807, 2.05) is 18.2 Å². The molecule has 0 bridgehead atoms. The van der Waals surface area contributed by atoms with Crippen molar-refractivity contribution in [1.82, 2.24) is 4.47 Å². The van der Waals surface area contributed by atoms with Crippen LogP contribution >= 0.6 is 11.9 Å². The summed E-state index contributed by atoms with van der Waals surface area (Å²) in [6, 6.07) is 7.19. The second-order valence-corrected chi connectivity index (χ2v) is 3.97. The van der Waals surface area contributed by atoms with E-state index < -0.39 is 5.91 Å². The maximum atomic E-state index is 11.1. The number of rotatable bonds is 3. The van der Waals surface area contributed by atoms with E-state index in [0.29, 0.717) is 12.1 Å². The summed E-state index contributed by atoms with van der Waals surface area (Å²) < 4.78 is 1.67. The second kappa shape index (κ2) is 4.37. The highest BCUT2D eigenvalue weighted by atomic mass is 32.2. The summed E-state index contributed by atoms with van der Waals surface area (Å²) in [5, 5.41) is 0. The monoisotopic (exact) mass is 222 g/mol. The molecule has 78 valence electrons. The van der Waals surface area contributed by atoms with Crippen molar-refractivity contribution in [3.63, 3.8) is 0 Å². The third-order valence-electron chi connectivity index (χ3n) is 1.88. The summed E-state index contributed by atoms with van der Waals surface area (Å²) in [5.41, 5.74) is 5.77. The van der Waals surface area contributed by atoms with Gasteiger partial charge in [-0.05, 0) is 30.2 Å². The van der Waals surface area contributed by atoms with Gasteiger partial charge in [0.25, 0.3) is 0 Å². The fraction of sp³-hybridized carbons (Fsp3) is 0.100. The molecule has 1 heterocycles. The van der Waals surface area contributed by atoms with Crippen LogP contribution in [0.4, 0.5) is 0 Å². The molecule has 4 nitrogen and oxygen atoms in total. The molecule has 0 fully saturated rings. The molecule has 0 aliphatic carbocycles. The van der Waals surface area contributed by atoms with Gasteiger partial charge in [-0.3, -0.25) is 4.79 Å². The number of hydrogen-bond donors (Lipinski definition) is 1. The molecular formula is C10H10N2O2S. The van der Waals surface area contributed by atoms with Crippen LogP contribution < -0.4 is 5.73 Å². The van der Waals surface area contributed by atoms with Crippen LogP contribution in [0.15, 0.2) is 41.5 Å². The van der Waals surface area contributed by atoms with Gasteiger partial charge in [0.15, 0.2) is 0 Å². The molecule has 15 heavy (non-hydrogen) atoms. The quantitative estimate of drug-likeness (QED) is 0.788. The molecule has 2 rings (SSSR count). The van der Waals surface area contributed by atoms with Crippen LogP contribution in [0.25, 0.3) is 0 Å². The molecular weight excluding hydrogens is 212 g/mol. The first-order valence-corrected chi connectivity index (χ1v) is 5.21. The lowest BCUT2D eigenvalue weighted by Crippen LogP contribution is -2.14. The van der Waals surface area contributed by atoms with Crippen molar-refractivity contribution in [2.45, 2.75) is 4.90 Å². The molecule has 0 aromatic heterocycles. The van der Waals surface area contributed by atoms with Gasteiger partial charge in [-0.15, -0.1) is 0 Å². The molecule has 0 spiro atoms. The molecule has 5 heteroatoms. The SMILES string of the molecule is NC(=O)c1ccccc1SN1CC=CO1. The van der Waals surface area contributed by atoms with Crippen molar-refractivity contribution < 1.29 is 9.63 Å².